The Bertz CT molecular complexity index is 726. The Morgan fingerprint density at radius 3 is 2.65 bits per heavy atom. The third kappa shape index (κ3) is 2.95. The predicted octanol–water partition coefficient (Wildman–Crippen LogP) is 3.90. The van der Waals surface area contributed by atoms with Gasteiger partial charge in [0.2, 0.25) is 0 Å². The average molecular weight is 335 g/mol. The Labute approximate surface area is 122 Å². The monoisotopic (exact) mass is 334 g/mol. The summed E-state index contributed by atoms with van der Waals surface area (Å²) in [4.78, 5) is 10.7. The zero-order valence-corrected chi connectivity index (χ0v) is 11.6. The van der Waals surface area contributed by atoms with Crippen LogP contribution < -0.4 is 5.32 Å². The van der Waals surface area contributed by atoms with E-state index in [1.54, 1.807) is 18.2 Å². The van der Waals surface area contributed by atoms with Crippen LogP contribution in [0.3, 0.4) is 0 Å². The van der Waals surface area contributed by atoms with E-state index >= 15 is 0 Å². The third-order valence-electron chi connectivity index (χ3n) is 2.58. The molecule has 20 heavy (non-hydrogen) atoms. The van der Waals surface area contributed by atoms with Gasteiger partial charge in [-0.15, -0.1) is 0 Å². The minimum Gasteiger partial charge on any atom is -0.478 e. The maximum atomic E-state index is 13.6. The first-order valence-electron chi connectivity index (χ1n) is 5.51. The van der Waals surface area contributed by atoms with Crippen LogP contribution in [0.25, 0.3) is 0 Å². The first kappa shape index (κ1) is 14.0. The van der Waals surface area contributed by atoms with E-state index in [4.69, 9.17) is 10.4 Å². The molecule has 0 fully saturated rings. The maximum absolute atomic E-state index is 13.6. The van der Waals surface area contributed by atoms with Crippen molar-refractivity contribution in [3.63, 3.8) is 0 Å². The Kier molecular flexibility index (Phi) is 4.01. The van der Waals surface area contributed by atoms with Crippen LogP contribution in [0, 0.1) is 17.1 Å². The fourth-order valence-corrected chi connectivity index (χ4v) is 2.00. The number of nitrogens with zero attached hydrogens (tertiary/aromatic N) is 1. The van der Waals surface area contributed by atoms with Crippen LogP contribution in [0.4, 0.5) is 15.8 Å². The summed E-state index contributed by atoms with van der Waals surface area (Å²) in [5.41, 5.74) is 0.868. The average Bonchev–Trinajstić information content (AvgIpc) is 2.38. The highest BCUT2D eigenvalue weighted by atomic mass is 79.9. The topological polar surface area (TPSA) is 73.1 Å². The van der Waals surface area contributed by atoms with Gasteiger partial charge in [0.15, 0.2) is 0 Å². The van der Waals surface area contributed by atoms with Crippen LogP contribution in [0.5, 0.6) is 0 Å². The molecule has 0 saturated heterocycles. The molecule has 0 unspecified atom stereocenters. The van der Waals surface area contributed by atoms with Crippen LogP contribution in [0.2, 0.25) is 0 Å². The zero-order chi connectivity index (χ0) is 14.7. The lowest BCUT2D eigenvalue weighted by Crippen LogP contribution is -2.01. The van der Waals surface area contributed by atoms with Crippen molar-refractivity contribution in [3.05, 3.63) is 57.8 Å². The molecule has 0 aliphatic rings. The first-order chi connectivity index (χ1) is 9.51. The lowest BCUT2D eigenvalue weighted by molar-refractivity contribution is 0.0692. The summed E-state index contributed by atoms with van der Waals surface area (Å²) in [7, 11) is 0. The van der Waals surface area contributed by atoms with E-state index in [1.807, 2.05) is 6.07 Å². The number of nitriles is 1. The van der Waals surface area contributed by atoms with Crippen molar-refractivity contribution in [2.45, 2.75) is 0 Å². The lowest BCUT2D eigenvalue weighted by Gasteiger charge is -2.09. The van der Waals surface area contributed by atoms with Crippen LogP contribution in [0.1, 0.15) is 15.9 Å². The molecule has 0 aliphatic heterocycles. The van der Waals surface area contributed by atoms with Gasteiger partial charge in [0.05, 0.1) is 16.8 Å². The van der Waals surface area contributed by atoms with Crippen molar-refractivity contribution in [3.8, 4) is 6.07 Å². The summed E-state index contributed by atoms with van der Waals surface area (Å²) in [6, 6.07) is 10.7. The van der Waals surface area contributed by atoms with E-state index in [0.717, 1.165) is 10.5 Å². The number of carboxylic acid groups (broad SMARTS) is 1. The molecular formula is C14H8BrFN2O2. The first-order valence-corrected chi connectivity index (χ1v) is 6.30. The second-order valence-electron chi connectivity index (χ2n) is 3.93. The molecule has 6 heteroatoms. The number of carbonyl (C=O) groups is 1. The molecule has 0 aromatic heterocycles. The van der Waals surface area contributed by atoms with Crippen LogP contribution in [-0.4, -0.2) is 11.1 Å². The Morgan fingerprint density at radius 1 is 1.30 bits per heavy atom. The molecule has 2 N–H and O–H groups in total. The van der Waals surface area contributed by atoms with Gasteiger partial charge in [-0.25, -0.2) is 9.18 Å². The van der Waals surface area contributed by atoms with Gasteiger partial charge in [0.25, 0.3) is 0 Å². The minimum atomic E-state index is -1.32. The molecule has 0 radical (unpaired) electrons. The van der Waals surface area contributed by atoms with E-state index in [-0.39, 0.29) is 0 Å². The molecule has 0 amide bonds. The van der Waals surface area contributed by atoms with E-state index in [2.05, 4.69) is 21.2 Å². The third-order valence-corrected chi connectivity index (χ3v) is 3.07. The summed E-state index contributed by atoms with van der Waals surface area (Å²) in [5.74, 6) is -2.16. The number of hydrogen-bond acceptors (Lipinski definition) is 3. The molecule has 0 aliphatic carbocycles. The molecule has 2 rings (SSSR count). The van der Waals surface area contributed by atoms with E-state index in [1.165, 1.54) is 12.1 Å². The number of anilines is 2. The van der Waals surface area contributed by atoms with E-state index in [9.17, 15) is 9.18 Å². The van der Waals surface area contributed by atoms with Crippen molar-refractivity contribution < 1.29 is 14.3 Å². The minimum absolute atomic E-state index is 0.363. The van der Waals surface area contributed by atoms with Crippen molar-refractivity contribution in [1.82, 2.24) is 0 Å². The van der Waals surface area contributed by atoms with E-state index in [0.29, 0.717) is 16.9 Å². The highest BCUT2D eigenvalue weighted by molar-refractivity contribution is 9.10. The second-order valence-corrected chi connectivity index (χ2v) is 4.84. The Balaban J connectivity index is 2.36. The number of hydrogen-bond donors (Lipinski definition) is 2. The van der Waals surface area contributed by atoms with Crippen LogP contribution in [0.15, 0.2) is 40.9 Å². The molecule has 0 spiro atoms. The molecule has 0 bridgehead atoms. The van der Waals surface area contributed by atoms with Crippen molar-refractivity contribution in [2.24, 2.45) is 0 Å². The smallest absolute Gasteiger partial charge is 0.338 e. The number of nitrogens with one attached hydrogen (secondary N) is 1. The SMILES string of the molecule is N#Cc1ccc(Br)cc1Nc1ccc(C(=O)O)c(F)c1. The van der Waals surface area contributed by atoms with Gasteiger partial charge in [-0.3, -0.25) is 0 Å². The fraction of sp³-hybridized carbons (Fsp3) is 0. The molecule has 0 saturated carbocycles. The summed E-state index contributed by atoms with van der Waals surface area (Å²) < 4.78 is 14.3. The van der Waals surface area contributed by atoms with Gasteiger partial charge < -0.3 is 10.4 Å². The van der Waals surface area contributed by atoms with Crippen molar-refractivity contribution >= 4 is 33.3 Å². The van der Waals surface area contributed by atoms with Crippen LogP contribution >= 0.6 is 15.9 Å². The van der Waals surface area contributed by atoms with E-state index < -0.39 is 17.3 Å². The highest BCUT2D eigenvalue weighted by Crippen LogP contribution is 2.25. The predicted molar refractivity (Wildman–Crippen MR) is 75.5 cm³/mol. The summed E-state index contributed by atoms with van der Waals surface area (Å²) in [5, 5.41) is 20.6. The maximum Gasteiger partial charge on any atom is 0.338 e. The molecule has 100 valence electrons. The quantitative estimate of drug-likeness (QED) is 0.892. The van der Waals surface area contributed by atoms with Gasteiger partial charge in [0, 0.05) is 10.2 Å². The van der Waals surface area contributed by atoms with Gasteiger partial charge >= 0.3 is 5.97 Å². The number of benzene rings is 2. The standard InChI is InChI=1S/C14H8BrFN2O2/c15-9-2-1-8(7-17)13(5-9)18-10-3-4-11(14(19)20)12(16)6-10/h1-6,18H,(H,19,20). The van der Waals surface area contributed by atoms with Gasteiger partial charge in [-0.1, -0.05) is 15.9 Å². The summed E-state index contributed by atoms with van der Waals surface area (Å²) in [6.07, 6.45) is 0. The normalized spacial score (nSPS) is 9.85. The fourth-order valence-electron chi connectivity index (χ4n) is 1.64. The van der Waals surface area contributed by atoms with Gasteiger partial charge in [0.1, 0.15) is 11.9 Å². The van der Waals surface area contributed by atoms with Gasteiger partial charge in [-0.05, 0) is 36.4 Å². The van der Waals surface area contributed by atoms with Crippen LogP contribution in [-0.2, 0) is 0 Å². The summed E-state index contributed by atoms with van der Waals surface area (Å²) in [6.45, 7) is 0. The number of carboxylic acids is 1. The molecule has 4 nitrogen and oxygen atoms in total. The summed E-state index contributed by atoms with van der Waals surface area (Å²) >= 11 is 3.28. The van der Waals surface area contributed by atoms with Crippen molar-refractivity contribution in [1.29, 1.82) is 5.26 Å². The van der Waals surface area contributed by atoms with Crippen molar-refractivity contribution in [2.75, 3.05) is 5.32 Å². The largest absolute Gasteiger partial charge is 0.478 e. The van der Waals surface area contributed by atoms with Gasteiger partial charge in [-0.2, -0.15) is 5.26 Å². The highest BCUT2D eigenvalue weighted by Gasteiger charge is 2.11. The molecule has 0 atom stereocenters. The molecular weight excluding hydrogens is 327 g/mol. The molecule has 2 aromatic carbocycles. The Morgan fingerprint density at radius 2 is 2.05 bits per heavy atom. The molecule has 0 heterocycles. The number of aromatic carboxylic acids is 1. The number of halogens is 2. The second kappa shape index (κ2) is 5.72. The number of rotatable bonds is 3. The Hall–Kier alpha value is -2.39. The zero-order valence-electron chi connectivity index (χ0n) is 10.0. The molecule has 2 aromatic rings. The lowest BCUT2D eigenvalue weighted by atomic mass is 10.1.